The maximum Gasteiger partial charge on any atom is 0.324 e. The molecule has 0 spiro atoms. The highest BCUT2D eigenvalue weighted by atomic mass is 79.9. The number of alkyl halides is 1. The van der Waals surface area contributed by atoms with Crippen LogP contribution in [0.25, 0.3) is 0 Å². The highest BCUT2D eigenvalue weighted by Gasteiger charge is 2.31. The van der Waals surface area contributed by atoms with Crippen molar-refractivity contribution < 1.29 is 23.9 Å². The lowest BCUT2D eigenvalue weighted by molar-refractivity contribution is -0.149. The van der Waals surface area contributed by atoms with E-state index in [1.54, 1.807) is 19.1 Å². The van der Waals surface area contributed by atoms with E-state index in [0.717, 1.165) is 5.56 Å². The first-order valence-corrected chi connectivity index (χ1v) is 7.65. The van der Waals surface area contributed by atoms with Crippen LogP contribution in [-0.2, 0) is 30.5 Å². The van der Waals surface area contributed by atoms with Gasteiger partial charge in [-0.25, -0.2) is 0 Å². The zero-order valence-corrected chi connectivity index (χ0v) is 13.7. The van der Waals surface area contributed by atoms with Gasteiger partial charge >= 0.3 is 11.9 Å². The lowest BCUT2D eigenvalue weighted by Gasteiger charge is -2.16. The zero-order chi connectivity index (χ0) is 16.5. The first kappa shape index (κ1) is 18.3. The number of benzene rings is 1. The van der Waals surface area contributed by atoms with Crippen LogP contribution in [0.15, 0.2) is 30.3 Å². The SMILES string of the molecule is CCOC(=O)CC(=O)C(Br)C(N)C(=O)OCc1ccccc1. The Bertz CT molecular complexity index is 520. The summed E-state index contributed by atoms with van der Waals surface area (Å²) in [5.74, 6) is -1.90. The number of nitrogens with two attached hydrogens (primary N) is 1. The van der Waals surface area contributed by atoms with E-state index in [0.29, 0.717) is 0 Å². The predicted molar refractivity (Wildman–Crippen MR) is 83.2 cm³/mol. The van der Waals surface area contributed by atoms with Crippen molar-refractivity contribution >= 4 is 33.7 Å². The Hall–Kier alpha value is -1.73. The fraction of sp³-hybridized carbons (Fsp3) is 0.400. The molecule has 7 heteroatoms. The summed E-state index contributed by atoms with van der Waals surface area (Å²) >= 11 is 3.03. The van der Waals surface area contributed by atoms with Gasteiger partial charge in [-0.05, 0) is 12.5 Å². The van der Waals surface area contributed by atoms with Gasteiger partial charge in [-0.15, -0.1) is 0 Å². The van der Waals surface area contributed by atoms with E-state index in [1.165, 1.54) is 0 Å². The van der Waals surface area contributed by atoms with Crippen LogP contribution in [0.4, 0.5) is 0 Å². The molecule has 6 nitrogen and oxygen atoms in total. The second-order valence-electron chi connectivity index (χ2n) is 4.47. The Kier molecular flexibility index (Phi) is 7.76. The van der Waals surface area contributed by atoms with Crippen LogP contribution in [0.5, 0.6) is 0 Å². The first-order chi connectivity index (χ1) is 10.5. The fourth-order valence-corrected chi connectivity index (χ4v) is 1.97. The molecule has 1 aromatic carbocycles. The lowest BCUT2D eigenvalue weighted by atomic mass is 10.1. The number of ketones is 1. The van der Waals surface area contributed by atoms with Crippen LogP contribution in [0.1, 0.15) is 18.9 Å². The van der Waals surface area contributed by atoms with Crippen LogP contribution in [0, 0.1) is 0 Å². The minimum atomic E-state index is -1.19. The molecular formula is C15H18BrNO5. The van der Waals surface area contributed by atoms with Crippen molar-refractivity contribution in [2.24, 2.45) is 5.73 Å². The van der Waals surface area contributed by atoms with Gasteiger partial charge in [0.2, 0.25) is 0 Å². The number of carbonyl (C=O) groups is 3. The molecule has 0 amide bonds. The van der Waals surface area contributed by atoms with Crippen molar-refractivity contribution in [1.82, 2.24) is 0 Å². The maximum absolute atomic E-state index is 11.8. The van der Waals surface area contributed by atoms with Crippen molar-refractivity contribution in [3.8, 4) is 0 Å². The van der Waals surface area contributed by atoms with Gasteiger partial charge in [0.1, 0.15) is 19.1 Å². The summed E-state index contributed by atoms with van der Waals surface area (Å²) in [6, 6.07) is 7.90. The molecule has 2 unspecified atom stereocenters. The third-order valence-electron chi connectivity index (χ3n) is 2.74. The molecule has 1 rings (SSSR count). The third-order valence-corrected chi connectivity index (χ3v) is 3.82. The van der Waals surface area contributed by atoms with Crippen molar-refractivity contribution in [1.29, 1.82) is 0 Å². The number of Topliss-reactive ketones (excluding diaryl/α,β-unsaturated/α-hetero) is 1. The van der Waals surface area contributed by atoms with Crippen molar-refractivity contribution in [2.75, 3.05) is 6.61 Å². The third kappa shape index (κ3) is 5.95. The van der Waals surface area contributed by atoms with Crippen LogP contribution >= 0.6 is 15.9 Å². The Morgan fingerprint density at radius 2 is 1.82 bits per heavy atom. The average molecular weight is 372 g/mol. The minimum absolute atomic E-state index is 0.0686. The fourth-order valence-electron chi connectivity index (χ4n) is 1.60. The van der Waals surface area contributed by atoms with Crippen molar-refractivity contribution in [2.45, 2.75) is 30.8 Å². The summed E-state index contributed by atoms with van der Waals surface area (Å²) < 4.78 is 9.72. The molecule has 0 radical (unpaired) electrons. The Balaban J connectivity index is 2.47. The van der Waals surface area contributed by atoms with E-state index in [2.05, 4.69) is 20.7 Å². The largest absolute Gasteiger partial charge is 0.466 e. The van der Waals surface area contributed by atoms with Gasteiger partial charge in [-0.2, -0.15) is 0 Å². The standard InChI is InChI=1S/C15H18BrNO5/c1-2-21-12(19)8-11(18)13(16)14(17)15(20)22-9-10-6-4-3-5-7-10/h3-7,13-14H,2,8-9,17H2,1H3. The van der Waals surface area contributed by atoms with Gasteiger partial charge in [-0.3, -0.25) is 14.4 Å². The summed E-state index contributed by atoms with van der Waals surface area (Å²) in [6.45, 7) is 1.89. The van der Waals surface area contributed by atoms with E-state index in [1.807, 2.05) is 18.2 Å². The molecule has 0 aliphatic rings. The van der Waals surface area contributed by atoms with E-state index < -0.39 is 35.0 Å². The first-order valence-electron chi connectivity index (χ1n) is 6.74. The van der Waals surface area contributed by atoms with Crippen LogP contribution in [0.2, 0.25) is 0 Å². The van der Waals surface area contributed by atoms with Crippen LogP contribution in [0.3, 0.4) is 0 Å². The van der Waals surface area contributed by atoms with E-state index >= 15 is 0 Å². The molecule has 2 atom stereocenters. The van der Waals surface area contributed by atoms with Gasteiger partial charge < -0.3 is 15.2 Å². The summed E-state index contributed by atoms with van der Waals surface area (Å²) in [5, 5.41) is 0. The van der Waals surface area contributed by atoms with Gasteiger partial charge in [0.05, 0.1) is 11.4 Å². The molecule has 0 heterocycles. The van der Waals surface area contributed by atoms with Crippen molar-refractivity contribution in [3.05, 3.63) is 35.9 Å². The summed E-state index contributed by atoms with van der Waals surface area (Å²) in [5.41, 5.74) is 6.49. The van der Waals surface area contributed by atoms with Crippen LogP contribution in [-0.4, -0.2) is 35.2 Å². The number of ether oxygens (including phenoxy) is 2. The maximum atomic E-state index is 11.8. The second kappa shape index (κ2) is 9.32. The number of esters is 2. The predicted octanol–water partition coefficient (Wildman–Crippen LogP) is 1.34. The average Bonchev–Trinajstić information content (AvgIpc) is 2.52. The molecule has 2 N–H and O–H groups in total. The quantitative estimate of drug-likeness (QED) is 0.420. The van der Waals surface area contributed by atoms with E-state index in [-0.39, 0.29) is 13.2 Å². The molecule has 1 aromatic rings. The molecule has 22 heavy (non-hydrogen) atoms. The molecule has 120 valence electrons. The smallest absolute Gasteiger partial charge is 0.324 e. The van der Waals surface area contributed by atoms with E-state index in [9.17, 15) is 14.4 Å². The van der Waals surface area contributed by atoms with Gasteiger partial charge in [0.25, 0.3) is 0 Å². The monoisotopic (exact) mass is 371 g/mol. The highest BCUT2D eigenvalue weighted by Crippen LogP contribution is 2.11. The Labute approximate surface area is 137 Å². The second-order valence-corrected chi connectivity index (χ2v) is 5.46. The molecule has 0 bridgehead atoms. The van der Waals surface area contributed by atoms with Gasteiger partial charge in [0, 0.05) is 0 Å². The molecule has 0 saturated carbocycles. The Morgan fingerprint density at radius 1 is 1.18 bits per heavy atom. The zero-order valence-electron chi connectivity index (χ0n) is 12.2. The topological polar surface area (TPSA) is 95.7 Å². The minimum Gasteiger partial charge on any atom is -0.466 e. The molecule has 0 aliphatic heterocycles. The molecule has 0 aliphatic carbocycles. The number of halogens is 1. The molecule has 0 fully saturated rings. The number of hydrogen-bond acceptors (Lipinski definition) is 6. The summed E-state index contributed by atoms with van der Waals surface area (Å²) in [4.78, 5) is 33.9. The van der Waals surface area contributed by atoms with Crippen molar-refractivity contribution in [3.63, 3.8) is 0 Å². The molecule has 0 saturated heterocycles. The Morgan fingerprint density at radius 3 is 2.41 bits per heavy atom. The lowest BCUT2D eigenvalue weighted by Crippen LogP contribution is -2.44. The molecular weight excluding hydrogens is 354 g/mol. The number of carbonyl (C=O) groups excluding carboxylic acids is 3. The van der Waals surface area contributed by atoms with Gasteiger partial charge in [-0.1, -0.05) is 46.3 Å². The van der Waals surface area contributed by atoms with Crippen LogP contribution < -0.4 is 5.73 Å². The summed E-state index contributed by atoms with van der Waals surface area (Å²) in [7, 11) is 0. The highest BCUT2D eigenvalue weighted by molar-refractivity contribution is 9.10. The van der Waals surface area contributed by atoms with E-state index in [4.69, 9.17) is 10.5 Å². The molecule has 0 aromatic heterocycles. The normalized spacial score (nSPS) is 13.0. The number of rotatable bonds is 8. The van der Waals surface area contributed by atoms with Gasteiger partial charge in [0.15, 0.2) is 5.78 Å². The number of hydrogen-bond donors (Lipinski definition) is 1. The summed E-state index contributed by atoms with van der Waals surface area (Å²) in [6.07, 6.45) is -0.441.